The van der Waals surface area contributed by atoms with Gasteiger partial charge in [0.25, 0.3) is 0 Å². The second-order valence-corrected chi connectivity index (χ2v) is 16.8. The van der Waals surface area contributed by atoms with Crippen molar-refractivity contribution in [2.24, 2.45) is 0 Å². The lowest BCUT2D eigenvalue weighted by atomic mass is 9.72. The monoisotopic (exact) mass is 744 g/mol. The molecule has 11 rings (SSSR count). The van der Waals surface area contributed by atoms with Crippen molar-refractivity contribution in [2.75, 3.05) is 0 Å². The molecule has 9 aromatic rings. The standard InChI is InChI=1S/C58H48/c1-5-57(6-2)52-23-14-13-21-46(52)47-29-27-40(35-53(47)57)41-28-31-49-48-30-26-39(34-54(48)58(7-3,8-4)55(49)36-41)38-17-15-18-42(32-38)51-33-43-25-24-37-16-9-10-19-44(37)56(43)50-22-12-11-20-45(50)51/h9-36H,5-8H2,1-4H3. The molecule has 0 saturated heterocycles. The van der Waals surface area contributed by atoms with Crippen molar-refractivity contribution in [1.82, 2.24) is 0 Å². The summed E-state index contributed by atoms with van der Waals surface area (Å²) in [6, 6.07) is 64.9. The zero-order chi connectivity index (χ0) is 39.2. The van der Waals surface area contributed by atoms with Crippen LogP contribution in [0.1, 0.15) is 75.6 Å². The van der Waals surface area contributed by atoms with Crippen LogP contribution in [0, 0.1) is 0 Å². The summed E-state index contributed by atoms with van der Waals surface area (Å²) < 4.78 is 0. The molecule has 0 atom stereocenters. The fourth-order valence-corrected chi connectivity index (χ4v) is 11.5. The molecular formula is C58H48. The third-order valence-electron chi connectivity index (χ3n) is 14.6. The van der Waals surface area contributed by atoms with Crippen molar-refractivity contribution in [2.45, 2.75) is 64.2 Å². The van der Waals surface area contributed by atoms with Crippen LogP contribution in [0.2, 0.25) is 0 Å². The van der Waals surface area contributed by atoms with Crippen molar-refractivity contribution in [1.29, 1.82) is 0 Å². The Kier molecular flexibility index (Phi) is 7.93. The van der Waals surface area contributed by atoms with Gasteiger partial charge < -0.3 is 0 Å². The van der Waals surface area contributed by atoms with Crippen molar-refractivity contribution < 1.29 is 0 Å². The Bertz CT molecular complexity index is 3110. The maximum Gasteiger partial charge on any atom is 0.0210 e. The largest absolute Gasteiger partial charge is 0.0642 e. The van der Waals surface area contributed by atoms with Gasteiger partial charge in [0.15, 0.2) is 0 Å². The minimum absolute atomic E-state index is 0.0465. The summed E-state index contributed by atoms with van der Waals surface area (Å²) in [7, 11) is 0. The van der Waals surface area contributed by atoms with Crippen molar-refractivity contribution in [3.05, 3.63) is 192 Å². The molecule has 9 aromatic carbocycles. The summed E-state index contributed by atoms with van der Waals surface area (Å²) in [5.41, 5.74) is 19.3. The Morgan fingerprint density at radius 1 is 0.293 bits per heavy atom. The third-order valence-corrected chi connectivity index (χ3v) is 14.6. The SMILES string of the molecule is CCC1(CC)c2ccccc2-c2ccc(-c3ccc4c(c3)C(CC)(CC)c3cc(-c5cccc(-c6cc7ccc8ccccc8c7c7ccccc67)c5)ccc3-4)cc21. The van der Waals surface area contributed by atoms with Crippen LogP contribution in [0.25, 0.3) is 88.0 Å². The minimum atomic E-state index is -0.0465. The lowest BCUT2D eigenvalue weighted by Gasteiger charge is -2.31. The first-order valence-corrected chi connectivity index (χ1v) is 21.5. The Labute approximate surface area is 342 Å². The van der Waals surface area contributed by atoms with Gasteiger partial charge in [0.2, 0.25) is 0 Å². The van der Waals surface area contributed by atoms with E-state index in [-0.39, 0.29) is 10.8 Å². The van der Waals surface area contributed by atoms with E-state index in [1.807, 2.05) is 0 Å². The molecule has 0 nitrogen and oxygen atoms in total. The van der Waals surface area contributed by atoms with Gasteiger partial charge in [0, 0.05) is 10.8 Å². The lowest BCUT2D eigenvalue weighted by molar-refractivity contribution is 0.490. The van der Waals surface area contributed by atoms with Crippen molar-refractivity contribution in [3.8, 4) is 55.6 Å². The number of rotatable bonds is 7. The lowest BCUT2D eigenvalue weighted by Crippen LogP contribution is -2.23. The predicted molar refractivity (Wildman–Crippen MR) is 249 cm³/mol. The maximum absolute atomic E-state index is 2.54. The topological polar surface area (TPSA) is 0 Å². The molecule has 0 N–H and O–H groups in total. The molecule has 0 radical (unpaired) electrons. The Morgan fingerprint density at radius 2 is 0.759 bits per heavy atom. The highest BCUT2D eigenvalue weighted by Gasteiger charge is 2.42. The zero-order valence-corrected chi connectivity index (χ0v) is 34.0. The van der Waals surface area contributed by atoms with Crippen LogP contribution in [0.15, 0.2) is 170 Å². The molecule has 0 aromatic heterocycles. The van der Waals surface area contributed by atoms with Gasteiger partial charge in [-0.25, -0.2) is 0 Å². The molecule has 0 fully saturated rings. The Hall–Kier alpha value is -6.24. The van der Waals surface area contributed by atoms with E-state index in [4.69, 9.17) is 0 Å². The molecule has 280 valence electrons. The van der Waals surface area contributed by atoms with E-state index in [9.17, 15) is 0 Å². The second kappa shape index (κ2) is 13.2. The maximum atomic E-state index is 2.54. The molecule has 0 aliphatic heterocycles. The summed E-state index contributed by atoms with van der Waals surface area (Å²) in [5.74, 6) is 0. The molecule has 0 unspecified atom stereocenters. The van der Waals surface area contributed by atoms with Crippen LogP contribution < -0.4 is 0 Å². The molecule has 2 aliphatic rings. The van der Waals surface area contributed by atoms with Gasteiger partial charge in [-0.2, -0.15) is 0 Å². The van der Waals surface area contributed by atoms with Gasteiger partial charge in [-0.15, -0.1) is 0 Å². The number of hydrogen-bond donors (Lipinski definition) is 0. The summed E-state index contributed by atoms with van der Waals surface area (Å²) in [6.07, 6.45) is 4.32. The van der Waals surface area contributed by atoms with E-state index in [0.29, 0.717) is 0 Å². The van der Waals surface area contributed by atoms with Crippen molar-refractivity contribution >= 4 is 32.3 Å². The first-order chi connectivity index (χ1) is 28.5. The molecule has 0 saturated carbocycles. The Balaban J connectivity index is 0.999. The number of fused-ring (bicyclic) bond motifs is 11. The number of benzene rings is 9. The van der Waals surface area contributed by atoms with Gasteiger partial charge in [-0.1, -0.05) is 167 Å². The smallest absolute Gasteiger partial charge is 0.0210 e. The van der Waals surface area contributed by atoms with E-state index in [0.717, 1.165) is 25.7 Å². The first-order valence-electron chi connectivity index (χ1n) is 21.5. The van der Waals surface area contributed by atoms with Gasteiger partial charge in [0.05, 0.1) is 0 Å². The van der Waals surface area contributed by atoms with Crippen LogP contribution in [-0.2, 0) is 10.8 Å². The average molecular weight is 745 g/mol. The van der Waals surface area contributed by atoms with Crippen LogP contribution in [0.5, 0.6) is 0 Å². The van der Waals surface area contributed by atoms with Gasteiger partial charge in [-0.3, -0.25) is 0 Å². The summed E-state index contributed by atoms with van der Waals surface area (Å²) in [5, 5.41) is 7.81. The summed E-state index contributed by atoms with van der Waals surface area (Å²) in [6.45, 7) is 9.51. The summed E-state index contributed by atoms with van der Waals surface area (Å²) in [4.78, 5) is 0. The highest BCUT2D eigenvalue weighted by atomic mass is 14.5. The molecule has 0 spiro atoms. The highest BCUT2D eigenvalue weighted by molar-refractivity contribution is 6.23. The third kappa shape index (κ3) is 4.81. The molecule has 0 amide bonds. The number of hydrogen-bond acceptors (Lipinski definition) is 0. The summed E-state index contributed by atoms with van der Waals surface area (Å²) >= 11 is 0. The van der Waals surface area contributed by atoms with Crippen LogP contribution in [0.3, 0.4) is 0 Å². The van der Waals surface area contributed by atoms with Crippen LogP contribution in [0.4, 0.5) is 0 Å². The van der Waals surface area contributed by atoms with Crippen molar-refractivity contribution in [3.63, 3.8) is 0 Å². The average Bonchev–Trinajstić information content (AvgIpc) is 3.74. The minimum Gasteiger partial charge on any atom is -0.0642 e. The highest BCUT2D eigenvalue weighted by Crippen LogP contribution is 2.56. The van der Waals surface area contributed by atoms with Gasteiger partial charge in [0.1, 0.15) is 0 Å². The van der Waals surface area contributed by atoms with E-state index >= 15 is 0 Å². The quantitative estimate of drug-likeness (QED) is 0.143. The van der Waals surface area contributed by atoms with Gasteiger partial charge in [-0.05, 0) is 166 Å². The fourth-order valence-electron chi connectivity index (χ4n) is 11.5. The first kappa shape index (κ1) is 35.0. The molecular weight excluding hydrogens is 697 g/mol. The molecule has 0 bridgehead atoms. The molecule has 2 aliphatic carbocycles. The van der Waals surface area contributed by atoms with Gasteiger partial charge >= 0.3 is 0 Å². The normalized spacial score (nSPS) is 14.4. The Morgan fingerprint density at radius 3 is 1.38 bits per heavy atom. The van der Waals surface area contributed by atoms with E-state index < -0.39 is 0 Å². The van der Waals surface area contributed by atoms with E-state index in [1.54, 1.807) is 0 Å². The predicted octanol–water partition coefficient (Wildman–Crippen LogP) is 16.3. The molecule has 0 heteroatoms. The second-order valence-electron chi connectivity index (χ2n) is 16.8. The van der Waals surface area contributed by atoms with Crippen LogP contribution in [-0.4, -0.2) is 0 Å². The van der Waals surface area contributed by atoms with Crippen LogP contribution >= 0.6 is 0 Å². The van der Waals surface area contributed by atoms with E-state index in [2.05, 4.69) is 198 Å². The molecule has 58 heavy (non-hydrogen) atoms. The van der Waals surface area contributed by atoms with E-state index in [1.165, 1.54) is 110 Å². The molecule has 0 heterocycles. The zero-order valence-electron chi connectivity index (χ0n) is 34.0. The fraction of sp³-hybridized carbons (Fsp3) is 0.172.